The molecule has 0 saturated carbocycles. The summed E-state index contributed by atoms with van der Waals surface area (Å²) < 4.78 is 9.14. The predicted octanol–water partition coefficient (Wildman–Crippen LogP) is 2.87. The molecule has 0 bridgehead atoms. The van der Waals surface area contributed by atoms with E-state index in [0.717, 1.165) is 5.75 Å². The molecule has 97 valence electrons. The Balaban J connectivity index is 1.96. The third-order valence-corrected chi connectivity index (χ3v) is 11.4. The Hall–Kier alpha value is -1.62. The van der Waals surface area contributed by atoms with Crippen molar-refractivity contribution in [3.63, 3.8) is 0 Å². The summed E-state index contributed by atoms with van der Waals surface area (Å²) in [6, 6.07) is 31.4. The van der Waals surface area contributed by atoms with Gasteiger partial charge in [0.1, 0.15) is 0 Å². The van der Waals surface area contributed by atoms with Crippen LogP contribution in [0.3, 0.4) is 0 Å². The van der Waals surface area contributed by atoms with Crippen LogP contribution in [0, 0.1) is 0 Å². The van der Waals surface area contributed by atoms with E-state index in [1.165, 1.54) is 6.25 Å². The Bertz CT molecular complexity index is 599. The van der Waals surface area contributed by atoms with E-state index in [0.29, 0.717) is 0 Å². The number of hydrogen-bond acceptors (Lipinski definition) is 1. The summed E-state index contributed by atoms with van der Waals surface area (Å²) in [4.78, 5) is 0. The zero-order valence-corrected chi connectivity index (χ0v) is 15.0. The van der Waals surface area contributed by atoms with Crippen LogP contribution in [-0.2, 0) is 0 Å². The molecule has 3 rings (SSSR count). The Morgan fingerprint density at radius 2 is 0.900 bits per heavy atom. The van der Waals surface area contributed by atoms with Gasteiger partial charge in [0.15, 0.2) is 0 Å². The monoisotopic (exact) mass is 455 g/mol. The van der Waals surface area contributed by atoms with Crippen molar-refractivity contribution in [2.75, 3.05) is 0 Å². The molecule has 3 aromatic carbocycles. The third-order valence-electron chi connectivity index (χ3n) is 3.04. The standard InChI is InChI=1S/C6H6O.2C6H5.Pb/c7-6-4-2-1-3-5-6;2*1-2-4-6-5-3-1;/h1-5,7H;2*1-5H;/q;;;+1/p-1. The van der Waals surface area contributed by atoms with Crippen LogP contribution in [0.2, 0.25) is 0 Å². The van der Waals surface area contributed by atoms with E-state index in [1.807, 2.05) is 30.3 Å². The molecular formula is C18H15OPb. The third kappa shape index (κ3) is 3.28. The van der Waals surface area contributed by atoms with Crippen molar-refractivity contribution in [3.8, 4) is 5.75 Å². The summed E-state index contributed by atoms with van der Waals surface area (Å²) >= 11 is -2.53. The van der Waals surface area contributed by atoms with Crippen molar-refractivity contribution >= 4 is 29.4 Å². The van der Waals surface area contributed by atoms with E-state index >= 15 is 0 Å². The normalized spacial score (nSPS) is 10.4. The summed E-state index contributed by atoms with van der Waals surface area (Å²) in [6.45, 7) is 0. The summed E-state index contributed by atoms with van der Waals surface area (Å²) in [5, 5.41) is 0. The second kappa shape index (κ2) is 6.70. The van der Waals surface area contributed by atoms with Gasteiger partial charge in [-0.25, -0.2) is 0 Å². The van der Waals surface area contributed by atoms with Crippen LogP contribution in [0.4, 0.5) is 0 Å². The molecule has 2 heteroatoms. The second-order valence-electron chi connectivity index (χ2n) is 4.48. The molecule has 1 nitrogen and oxygen atoms in total. The predicted molar refractivity (Wildman–Crippen MR) is 85.0 cm³/mol. The summed E-state index contributed by atoms with van der Waals surface area (Å²) in [6.07, 6.45) is 0. The minimum atomic E-state index is -2.53. The van der Waals surface area contributed by atoms with Crippen LogP contribution in [0.25, 0.3) is 0 Å². The van der Waals surface area contributed by atoms with Crippen LogP contribution in [-0.4, -0.2) is 23.2 Å². The topological polar surface area (TPSA) is 9.23 Å². The molecule has 20 heavy (non-hydrogen) atoms. The molecule has 0 aromatic heterocycles. The molecule has 1 radical (unpaired) electrons. The molecule has 0 unspecified atom stereocenters. The van der Waals surface area contributed by atoms with Gasteiger partial charge in [0.2, 0.25) is 0 Å². The maximum atomic E-state index is 6.40. The quantitative estimate of drug-likeness (QED) is 0.551. The molecule has 0 heterocycles. The molecule has 0 fully saturated rings. The van der Waals surface area contributed by atoms with Crippen molar-refractivity contribution in [3.05, 3.63) is 91.0 Å². The first-order valence-corrected chi connectivity index (χ1v) is 12.1. The van der Waals surface area contributed by atoms with Crippen molar-refractivity contribution in [1.82, 2.24) is 0 Å². The fourth-order valence-electron chi connectivity index (χ4n) is 2.07. The minimum absolute atomic E-state index is 0.974. The van der Waals surface area contributed by atoms with Crippen molar-refractivity contribution < 1.29 is 2.69 Å². The molecular weight excluding hydrogens is 439 g/mol. The first-order valence-electron chi connectivity index (χ1n) is 6.64. The Morgan fingerprint density at radius 3 is 1.35 bits per heavy atom. The Labute approximate surface area is 128 Å². The SMILES string of the molecule is c1ccc([O][Pb]([c]2ccccc2)[c]2ccccc2)cc1. The molecule has 0 saturated heterocycles. The van der Waals surface area contributed by atoms with E-state index < -0.39 is 23.2 Å². The van der Waals surface area contributed by atoms with Crippen LogP contribution in [0.1, 0.15) is 0 Å². The van der Waals surface area contributed by atoms with Crippen LogP contribution < -0.4 is 8.93 Å². The fraction of sp³-hybridized carbons (Fsp3) is 0. The van der Waals surface area contributed by atoms with Gasteiger partial charge >= 0.3 is 129 Å². The van der Waals surface area contributed by atoms with Gasteiger partial charge in [-0.2, -0.15) is 0 Å². The van der Waals surface area contributed by atoms with E-state index in [4.69, 9.17) is 2.69 Å². The Morgan fingerprint density at radius 1 is 0.500 bits per heavy atom. The molecule has 0 amide bonds. The first-order chi connectivity index (χ1) is 9.93. The molecule has 0 atom stereocenters. The van der Waals surface area contributed by atoms with Crippen molar-refractivity contribution in [2.24, 2.45) is 0 Å². The van der Waals surface area contributed by atoms with E-state index in [2.05, 4.69) is 60.7 Å². The van der Waals surface area contributed by atoms with E-state index in [1.54, 1.807) is 0 Å². The second-order valence-corrected chi connectivity index (χ2v) is 12.3. The van der Waals surface area contributed by atoms with E-state index in [-0.39, 0.29) is 0 Å². The maximum absolute atomic E-state index is 6.40. The van der Waals surface area contributed by atoms with Gasteiger partial charge in [-0.1, -0.05) is 0 Å². The van der Waals surface area contributed by atoms with Gasteiger partial charge in [0, 0.05) is 0 Å². The molecule has 0 aliphatic rings. The summed E-state index contributed by atoms with van der Waals surface area (Å²) in [5.41, 5.74) is 0. The van der Waals surface area contributed by atoms with Gasteiger partial charge in [0.05, 0.1) is 0 Å². The van der Waals surface area contributed by atoms with Gasteiger partial charge < -0.3 is 0 Å². The van der Waals surface area contributed by atoms with Crippen LogP contribution in [0.15, 0.2) is 91.0 Å². The first kappa shape index (κ1) is 13.4. The molecule has 0 N–H and O–H groups in total. The van der Waals surface area contributed by atoms with E-state index in [9.17, 15) is 0 Å². The summed E-state index contributed by atoms with van der Waals surface area (Å²) in [7, 11) is 0. The van der Waals surface area contributed by atoms with Crippen molar-refractivity contribution in [1.29, 1.82) is 0 Å². The van der Waals surface area contributed by atoms with Gasteiger partial charge in [-0.3, -0.25) is 0 Å². The van der Waals surface area contributed by atoms with Gasteiger partial charge in [0.25, 0.3) is 0 Å². The zero-order valence-electron chi connectivity index (χ0n) is 11.1. The van der Waals surface area contributed by atoms with Crippen LogP contribution >= 0.6 is 0 Å². The van der Waals surface area contributed by atoms with Gasteiger partial charge in [-0.05, 0) is 0 Å². The summed E-state index contributed by atoms with van der Waals surface area (Å²) in [5.74, 6) is 0.974. The van der Waals surface area contributed by atoms with Crippen LogP contribution in [0.5, 0.6) is 5.75 Å². The average molecular weight is 455 g/mol. The van der Waals surface area contributed by atoms with Crippen molar-refractivity contribution in [2.45, 2.75) is 0 Å². The number of hydrogen-bond donors (Lipinski definition) is 0. The zero-order chi connectivity index (χ0) is 13.6. The molecule has 3 aromatic rings. The fourth-order valence-corrected chi connectivity index (χ4v) is 9.58. The average Bonchev–Trinajstić information content (AvgIpc) is 2.55. The molecule has 0 spiro atoms. The molecule has 0 aliphatic heterocycles. The Kier molecular flexibility index (Phi) is 4.48. The number of benzene rings is 3. The molecule has 0 aliphatic carbocycles. The number of para-hydroxylation sites is 1. The van der Waals surface area contributed by atoms with Gasteiger partial charge in [-0.15, -0.1) is 0 Å². The number of rotatable bonds is 4.